The van der Waals surface area contributed by atoms with Crippen molar-refractivity contribution in [2.75, 3.05) is 0 Å². The molecule has 26 heavy (non-hydrogen) atoms. The molecule has 1 aliphatic rings. The van der Waals surface area contributed by atoms with Crippen LogP contribution in [0.25, 0.3) is 11.3 Å². The van der Waals surface area contributed by atoms with Crippen molar-refractivity contribution in [3.8, 4) is 11.3 Å². The average Bonchev–Trinajstić information content (AvgIpc) is 3.42. The van der Waals surface area contributed by atoms with Crippen LogP contribution in [-0.2, 0) is 13.1 Å². The molecule has 0 atom stereocenters. The summed E-state index contributed by atoms with van der Waals surface area (Å²) < 4.78 is 32.7. The summed E-state index contributed by atoms with van der Waals surface area (Å²) in [7, 11) is 0. The lowest BCUT2D eigenvalue weighted by atomic mass is 10.1. The summed E-state index contributed by atoms with van der Waals surface area (Å²) in [5.74, 6) is 0.194. The normalized spacial score (nSPS) is 14.2. The standard InChI is InChI=1S/C21H20F2N2O/c1-14-20(24-26-21(14)15-6-8-17(22)9-7-15)13-25(18-10-11-18)12-16-4-2-3-5-19(16)23/h2-9,18H,10-13H2,1H3. The predicted octanol–water partition coefficient (Wildman–Crippen LogP) is 5.09. The molecule has 134 valence electrons. The van der Waals surface area contributed by atoms with E-state index in [-0.39, 0.29) is 11.6 Å². The Bertz CT molecular complexity index is 901. The summed E-state index contributed by atoms with van der Waals surface area (Å²) in [4.78, 5) is 2.25. The summed E-state index contributed by atoms with van der Waals surface area (Å²) in [5.41, 5.74) is 3.28. The van der Waals surface area contributed by atoms with Crippen molar-refractivity contribution in [3.05, 3.63) is 77.0 Å². The molecule has 0 radical (unpaired) electrons. The van der Waals surface area contributed by atoms with Crippen molar-refractivity contribution in [1.29, 1.82) is 0 Å². The zero-order chi connectivity index (χ0) is 18.1. The van der Waals surface area contributed by atoms with Gasteiger partial charge in [0.1, 0.15) is 17.3 Å². The fourth-order valence-electron chi connectivity index (χ4n) is 3.18. The minimum absolute atomic E-state index is 0.179. The van der Waals surface area contributed by atoms with Crippen LogP contribution in [-0.4, -0.2) is 16.1 Å². The van der Waals surface area contributed by atoms with Crippen LogP contribution in [0.15, 0.2) is 53.1 Å². The molecular formula is C21H20F2N2O. The van der Waals surface area contributed by atoms with Crippen LogP contribution in [0.5, 0.6) is 0 Å². The lowest BCUT2D eigenvalue weighted by molar-refractivity contribution is 0.234. The van der Waals surface area contributed by atoms with Crippen molar-refractivity contribution in [2.24, 2.45) is 0 Å². The molecule has 0 spiro atoms. The van der Waals surface area contributed by atoms with Gasteiger partial charge in [0.2, 0.25) is 0 Å². The van der Waals surface area contributed by atoms with Gasteiger partial charge < -0.3 is 4.52 Å². The number of benzene rings is 2. The van der Waals surface area contributed by atoms with Crippen LogP contribution in [0, 0.1) is 18.6 Å². The Morgan fingerprint density at radius 2 is 1.77 bits per heavy atom. The van der Waals surface area contributed by atoms with Gasteiger partial charge in [-0.05, 0) is 50.1 Å². The Balaban J connectivity index is 1.55. The van der Waals surface area contributed by atoms with Crippen molar-refractivity contribution >= 4 is 0 Å². The topological polar surface area (TPSA) is 29.3 Å². The zero-order valence-corrected chi connectivity index (χ0v) is 14.6. The number of hydrogen-bond acceptors (Lipinski definition) is 3. The van der Waals surface area contributed by atoms with Crippen LogP contribution in [0.3, 0.4) is 0 Å². The molecule has 0 saturated heterocycles. The van der Waals surface area contributed by atoms with Crippen LogP contribution in [0.4, 0.5) is 8.78 Å². The van der Waals surface area contributed by atoms with Crippen LogP contribution < -0.4 is 0 Å². The van der Waals surface area contributed by atoms with Crippen LogP contribution in [0.1, 0.15) is 29.7 Å². The van der Waals surface area contributed by atoms with E-state index in [2.05, 4.69) is 10.1 Å². The number of hydrogen-bond donors (Lipinski definition) is 0. The van der Waals surface area contributed by atoms with Crippen molar-refractivity contribution < 1.29 is 13.3 Å². The first-order chi connectivity index (χ1) is 12.6. The third-order valence-corrected chi connectivity index (χ3v) is 4.87. The van der Waals surface area contributed by atoms with E-state index in [0.717, 1.165) is 29.7 Å². The highest BCUT2D eigenvalue weighted by molar-refractivity contribution is 5.61. The van der Waals surface area contributed by atoms with Crippen LogP contribution in [0.2, 0.25) is 0 Å². The quantitative estimate of drug-likeness (QED) is 0.617. The summed E-state index contributed by atoms with van der Waals surface area (Å²) >= 11 is 0. The Morgan fingerprint density at radius 3 is 2.46 bits per heavy atom. The zero-order valence-electron chi connectivity index (χ0n) is 14.6. The molecule has 3 nitrogen and oxygen atoms in total. The van der Waals surface area contributed by atoms with Gasteiger partial charge in [0.15, 0.2) is 5.76 Å². The summed E-state index contributed by atoms with van der Waals surface area (Å²) in [6.45, 7) is 3.11. The monoisotopic (exact) mass is 354 g/mol. The van der Waals surface area contributed by atoms with E-state index in [1.54, 1.807) is 18.2 Å². The maximum atomic E-state index is 14.0. The fourth-order valence-corrected chi connectivity index (χ4v) is 3.18. The molecule has 1 fully saturated rings. The highest BCUT2D eigenvalue weighted by Gasteiger charge is 2.31. The predicted molar refractivity (Wildman–Crippen MR) is 95.3 cm³/mol. The van der Waals surface area contributed by atoms with Crippen LogP contribution >= 0.6 is 0 Å². The second kappa shape index (κ2) is 7.00. The van der Waals surface area contributed by atoms with E-state index < -0.39 is 0 Å². The van der Waals surface area contributed by atoms with Gasteiger partial charge in [0, 0.05) is 35.8 Å². The number of aromatic nitrogens is 1. The summed E-state index contributed by atoms with van der Waals surface area (Å²) in [5, 5.41) is 4.22. The third kappa shape index (κ3) is 3.53. The third-order valence-electron chi connectivity index (χ3n) is 4.87. The fraction of sp³-hybridized carbons (Fsp3) is 0.286. The molecule has 0 amide bonds. The van der Waals surface area contributed by atoms with Gasteiger partial charge in [-0.25, -0.2) is 8.78 Å². The second-order valence-corrected chi connectivity index (χ2v) is 6.82. The van der Waals surface area contributed by atoms with E-state index in [1.807, 2.05) is 19.1 Å². The van der Waals surface area contributed by atoms with Gasteiger partial charge in [-0.15, -0.1) is 0 Å². The first kappa shape index (κ1) is 16.9. The lowest BCUT2D eigenvalue weighted by Gasteiger charge is -2.21. The second-order valence-electron chi connectivity index (χ2n) is 6.82. The highest BCUT2D eigenvalue weighted by atomic mass is 19.1. The first-order valence-corrected chi connectivity index (χ1v) is 8.80. The number of nitrogens with zero attached hydrogens (tertiary/aromatic N) is 2. The SMILES string of the molecule is Cc1c(CN(Cc2ccccc2F)C2CC2)noc1-c1ccc(F)cc1. The van der Waals surface area contributed by atoms with Gasteiger partial charge >= 0.3 is 0 Å². The molecule has 5 heteroatoms. The van der Waals surface area contributed by atoms with Gasteiger partial charge in [0.05, 0.1) is 0 Å². The van der Waals surface area contributed by atoms with Gasteiger partial charge in [-0.1, -0.05) is 23.4 Å². The minimum Gasteiger partial charge on any atom is -0.356 e. The smallest absolute Gasteiger partial charge is 0.170 e. The molecule has 3 aromatic rings. The van der Waals surface area contributed by atoms with E-state index in [4.69, 9.17) is 4.52 Å². The maximum Gasteiger partial charge on any atom is 0.170 e. The molecule has 0 N–H and O–H groups in total. The molecule has 4 rings (SSSR count). The van der Waals surface area contributed by atoms with Crippen molar-refractivity contribution in [2.45, 2.75) is 38.9 Å². The molecular weight excluding hydrogens is 334 g/mol. The van der Waals surface area contributed by atoms with E-state index >= 15 is 0 Å². The number of rotatable bonds is 6. The molecule has 1 saturated carbocycles. The molecule has 2 aromatic carbocycles. The first-order valence-electron chi connectivity index (χ1n) is 8.80. The molecule has 1 heterocycles. The Labute approximate surface area is 151 Å². The van der Waals surface area contributed by atoms with Gasteiger partial charge in [-0.3, -0.25) is 4.90 Å². The molecule has 0 bridgehead atoms. The molecule has 0 aliphatic heterocycles. The summed E-state index contributed by atoms with van der Waals surface area (Å²) in [6.07, 6.45) is 2.24. The Kier molecular flexibility index (Phi) is 4.55. The minimum atomic E-state index is -0.282. The van der Waals surface area contributed by atoms with E-state index in [1.165, 1.54) is 18.2 Å². The van der Waals surface area contributed by atoms with E-state index in [9.17, 15) is 8.78 Å². The molecule has 0 unspecified atom stereocenters. The number of halogens is 2. The Hall–Kier alpha value is -2.53. The molecule has 1 aromatic heterocycles. The largest absolute Gasteiger partial charge is 0.356 e. The Morgan fingerprint density at radius 1 is 1.04 bits per heavy atom. The maximum absolute atomic E-state index is 14.0. The highest BCUT2D eigenvalue weighted by Crippen LogP contribution is 2.32. The van der Waals surface area contributed by atoms with Gasteiger partial charge in [-0.2, -0.15) is 0 Å². The van der Waals surface area contributed by atoms with Crippen molar-refractivity contribution in [3.63, 3.8) is 0 Å². The lowest BCUT2D eigenvalue weighted by Crippen LogP contribution is -2.26. The average molecular weight is 354 g/mol. The van der Waals surface area contributed by atoms with E-state index in [0.29, 0.717) is 30.5 Å². The van der Waals surface area contributed by atoms with Crippen molar-refractivity contribution in [1.82, 2.24) is 10.1 Å². The molecule has 1 aliphatic carbocycles. The summed E-state index contributed by atoms with van der Waals surface area (Å²) in [6, 6.07) is 13.5. The van der Waals surface area contributed by atoms with Gasteiger partial charge in [0.25, 0.3) is 0 Å².